The van der Waals surface area contributed by atoms with Crippen molar-refractivity contribution in [3.63, 3.8) is 0 Å². The minimum Gasteiger partial charge on any atom is -0.493 e. The molecule has 104 valence electrons. The Labute approximate surface area is 121 Å². The lowest BCUT2D eigenvalue weighted by Gasteiger charge is -2.23. The van der Waals surface area contributed by atoms with Crippen molar-refractivity contribution in [2.75, 3.05) is 19.0 Å². The number of carbonyl (C=O) groups is 1. The summed E-state index contributed by atoms with van der Waals surface area (Å²) in [5.41, 5.74) is 1.53. The molecule has 1 unspecified atom stereocenters. The molecule has 0 saturated carbocycles. The van der Waals surface area contributed by atoms with Crippen LogP contribution in [0.4, 0.5) is 0 Å². The molecule has 0 amide bonds. The van der Waals surface area contributed by atoms with Crippen LogP contribution in [0.15, 0.2) is 12.1 Å². The monoisotopic (exact) mass is 328 g/mol. The van der Waals surface area contributed by atoms with Crippen molar-refractivity contribution >= 4 is 21.7 Å². The number of rotatable bonds is 5. The van der Waals surface area contributed by atoms with E-state index in [-0.39, 0.29) is 5.78 Å². The standard InChI is InChI=1S/C14H17BrO4/c1-9-14(16)11-7-12(17-2)13(18-5-3-4-15)6-10(11)8-19-9/h6-7,9H,3-5,8H2,1-2H3. The summed E-state index contributed by atoms with van der Waals surface area (Å²) in [4.78, 5) is 12.0. The Morgan fingerprint density at radius 1 is 1.42 bits per heavy atom. The van der Waals surface area contributed by atoms with Gasteiger partial charge in [-0.25, -0.2) is 0 Å². The smallest absolute Gasteiger partial charge is 0.191 e. The number of hydrogen-bond acceptors (Lipinski definition) is 4. The van der Waals surface area contributed by atoms with E-state index in [0.717, 1.165) is 17.3 Å². The molecule has 0 aromatic heterocycles. The summed E-state index contributed by atoms with van der Waals surface area (Å²) in [6.07, 6.45) is 0.518. The molecule has 1 heterocycles. The summed E-state index contributed by atoms with van der Waals surface area (Å²) < 4.78 is 16.4. The van der Waals surface area contributed by atoms with Gasteiger partial charge in [0.2, 0.25) is 0 Å². The molecule has 4 nitrogen and oxygen atoms in total. The van der Waals surface area contributed by atoms with Crippen molar-refractivity contribution in [3.05, 3.63) is 23.3 Å². The Morgan fingerprint density at radius 2 is 2.21 bits per heavy atom. The van der Waals surface area contributed by atoms with Crippen LogP contribution in [0.1, 0.15) is 29.3 Å². The fraction of sp³-hybridized carbons (Fsp3) is 0.500. The zero-order chi connectivity index (χ0) is 13.8. The summed E-state index contributed by atoms with van der Waals surface area (Å²) in [5, 5.41) is 0.888. The van der Waals surface area contributed by atoms with Crippen LogP contribution in [0.2, 0.25) is 0 Å². The molecule has 19 heavy (non-hydrogen) atoms. The predicted molar refractivity (Wildman–Crippen MR) is 75.5 cm³/mol. The van der Waals surface area contributed by atoms with E-state index in [1.165, 1.54) is 0 Å². The molecular formula is C14H17BrO4. The molecule has 0 aliphatic carbocycles. The Morgan fingerprint density at radius 3 is 2.89 bits per heavy atom. The summed E-state index contributed by atoms with van der Waals surface area (Å²) in [5.74, 6) is 1.25. The van der Waals surface area contributed by atoms with Gasteiger partial charge in [0.1, 0.15) is 6.10 Å². The number of methoxy groups -OCH3 is 1. The minimum absolute atomic E-state index is 0.00782. The normalized spacial score (nSPS) is 18.1. The molecule has 0 fully saturated rings. The Bertz CT molecular complexity index is 473. The number of halogens is 1. The van der Waals surface area contributed by atoms with E-state index in [9.17, 15) is 4.79 Å². The third kappa shape index (κ3) is 3.09. The molecule has 1 aliphatic rings. The molecule has 0 spiro atoms. The van der Waals surface area contributed by atoms with Gasteiger partial charge in [-0.15, -0.1) is 0 Å². The van der Waals surface area contributed by atoms with Crippen molar-refractivity contribution in [2.45, 2.75) is 26.1 Å². The molecule has 0 radical (unpaired) electrons. The average molecular weight is 329 g/mol. The van der Waals surface area contributed by atoms with Crippen molar-refractivity contribution in [1.29, 1.82) is 0 Å². The average Bonchev–Trinajstić information content (AvgIpc) is 2.43. The predicted octanol–water partition coefficient (Wildman–Crippen LogP) is 2.96. The Hall–Kier alpha value is -1.07. The van der Waals surface area contributed by atoms with Crippen LogP contribution >= 0.6 is 15.9 Å². The Balaban J connectivity index is 2.29. The van der Waals surface area contributed by atoms with E-state index in [1.807, 2.05) is 6.07 Å². The highest BCUT2D eigenvalue weighted by Crippen LogP contribution is 2.34. The molecule has 1 aromatic carbocycles. The first-order valence-corrected chi connectivity index (χ1v) is 7.35. The first-order valence-electron chi connectivity index (χ1n) is 6.23. The highest BCUT2D eigenvalue weighted by Gasteiger charge is 2.26. The maximum Gasteiger partial charge on any atom is 0.191 e. The quantitative estimate of drug-likeness (QED) is 0.615. The lowest BCUT2D eigenvalue weighted by atomic mass is 9.97. The van der Waals surface area contributed by atoms with E-state index in [0.29, 0.717) is 30.3 Å². The third-order valence-corrected chi connectivity index (χ3v) is 3.61. The van der Waals surface area contributed by atoms with Crippen LogP contribution in [0.5, 0.6) is 11.5 Å². The third-order valence-electron chi connectivity index (χ3n) is 3.05. The minimum atomic E-state index is -0.391. The maximum absolute atomic E-state index is 12.0. The molecule has 0 saturated heterocycles. The SMILES string of the molecule is COc1cc2c(cc1OCCCBr)COC(C)C2=O. The van der Waals surface area contributed by atoms with Gasteiger partial charge in [0.25, 0.3) is 0 Å². The van der Waals surface area contributed by atoms with E-state index < -0.39 is 6.10 Å². The second-order valence-electron chi connectivity index (χ2n) is 4.37. The molecule has 1 aliphatic heterocycles. The van der Waals surface area contributed by atoms with Gasteiger partial charge in [0.05, 0.1) is 20.3 Å². The highest BCUT2D eigenvalue weighted by molar-refractivity contribution is 9.09. The van der Waals surface area contributed by atoms with Crippen LogP contribution in [0, 0.1) is 0 Å². The first-order chi connectivity index (χ1) is 9.17. The number of benzene rings is 1. The van der Waals surface area contributed by atoms with Crippen molar-refractivity contribution < 1.29 is 19.0 Å². The number of fused-ring (bicyclic) bond motifs is 1. The lowest BCUT2D eigenvalue weighted by Crippen LogP contribution is -2.27. The lowest BCUT2D eigenvalue weighted by molar-refractivity contribution is 0.0335. The van der Waals surface area contributed by atoms with Gasteiger partial charge in [-0.3, -0.25) is 4.79 Å². The number of ether oxygens (including phenoxy) is 3. The van der Waals surface area contributed by atoms with Crippen molar-refractivity contribution in [2.24, 2.45) is 0 Å². The number of carbonyl (C=O) groups excluding carboxylic acids is 1. The number of hydrogen-bond donors (Lipinski definition) is 0. The van der Waals surface area contributed by atoms with Gasteiger partial charge in [-0.05, 0) is 31.0 Å². The van der Waals surface area contributed by atoms with E-state index in [1.54, 1.807) is 20.1 Å². The summed E-state index contributed by atoms with van der Waals surface area (Å²) in [6.45, 7) is 2.80. The molecule has 0 N–H and O–H groups in total. The summed E-state index contributed by atoms with van der Waals surface area (Å²) >= 11 is 3.36. The molecular weight excluding hydrogens is 312 g/mol. The van der Waals surface area contributed by atoms with Gasteiger partial charge in [-0.1, -0.05) is 15.9 Å². The second kappa shape index (κ2) is 6.39. The molecule has 0 bridgehead atoms. The van der Waals surface area contributed by atoms with Gasteiger partial charge < -0.3 is 14.2 Å². The van der Waals surface area contributed by atoms with Crippen molar-refractivity contribution in [3.8, 4) is 11.5 Å². The van der Waals surface area contributed by atoms with E-state index in [2.05, 4.69) is 15.9 Å². The summed E-state index contributed by atoms with van der Waals surface area (Å²) in [6, 6.07) is 3.59. The van der Waals surface area contributed by atoms with Gasteiger partial charge in [0.15, 0.2) is 17.3 Å². The van der Waals surface area contributed by atoms with Gasteiger partial charge in [0, 0.05) is 10.9 Å². The fourth-order valence-electron chi connectivity index (χ4n) is 1.97. The van der Waals surface area contributed by atoms with Crippen LogP contribution in [0.25, 0.3) is 0 Å². The summed E-state index contributed by atoms with van der Waals surface area (Å²) in [7, 11) is 1.58. The molecule has 5 heteroatoms. The molecule has 2 rings (SSSR count). The maximum atomic E-state index is 12.0. The van der Waals surface area contributed by atoms with E-state index >= 15 is 0 Å². The zero-order valence-electron chi connectivity index (χ0n) is 11.1. The molecule has 1 aromatic rings. The number of alkyl halides is 1. The van der Waals surface area contributed by atoms with Crippen LogP contribution in [-0.2, 0) is 11.3 Å². The topological polar surface area (TPSA) is 44.8 Å². The van der Waals surface area contributed by atoms with Crippen LogP contribution < -0.4 is 9.47 Å². The first kappa shape index (κ1) is 14.3. The second-order valence-corrected chi connectivity index (χ2v) is 5.16. The number of ketones is 1. The largest absolute Gasteiger partial charge is 0.493 e. The zero-order valence-corrected chi connectivity index (χ0v) is 12.7. The van der Waals surface area contributed by atoms with Gasteiger partial charge >= 0.3 is 0 Å². The van der Waals surface area contributed by atoms with E-state index in [4.69, 9.17) is 14.2 Å². The Kier molecular flexibility index (Phi) is 4.82. The van der Waals surface area contributed by atoms with Crippen molar-refractivity contribution in [1.82, 2.24) is 0 Å². The molecule has 1 atom stereocenters. The highest BCUT2D eigenvalue weighted by atomic mass is 79.9. The van der Waals surface area contributed by atoms with Crippen LogP contribution in [0.3, 0.4) is 0 Å². The fourth-order valence-corrected chi connectivity index (χ4v) is 2.20. The van der Waals surface area contributed by atoms with Crippen LogP contribution in [-0.4, -0.2) is 30.9 Å². The number of Topliss-reactive ketones (excluding diaryl/α,β-unsaturated/α-hetero) is 1. The van der Waals surface area contributed by atoms with Gasteiger partial charge in [-0.2, -0.15) is 0 Å².